The van der Waals surface area contributed by atoms with E-state index in [-0.39, 0.29) is 6.42 Å². The Labute approximate surface area is 105 Å². The lowest BCUT2D eigenvalue weighted by atomic mass is 9.83. The van der Waals surface area contributed by atoms with Gasteiger partial charge in [-0.3, -0.25) is 0 Å². The van der Waals surface area contributed by atoms with E-state index in [0.29, 0.717) is 12.8 Å². The quantitative estimate of drug-likeness (QED) is 0.820. The molecule has 2 atom stereocenters. The van der Waals surface area contributed by atoms with Gasteiger partial charge in [0.15, 0.2) is 0 Å². The first-order chi connectivity index (χ1) is 8.48. The van der Waals surface area contributed by atoms with Gasteiger partial charge in [0, 0.05) is 11.7 Å². The third kappa shape index (κ3) is 2.98. The van der Waals surface area contributed by atoms with Crippen LogP contribution in [0.5, 0.6) is 0 Å². The van der Waals surface area contributed by atoms with Crippen LogP contribution in [0.15, 0.2) is 24.3 Å². The predicted octanol–water partition coefficient (Wildman–Crippen LogP) is 4.53. The zero-order valence-electron chi connectivity index (χ0n) is 10.4. The Morgan fingerprint density at radius 2 is 1.78 bits per heavy atom. The molecular weight excluding hydrogens is 239 g/mol. The molecule has 0 aliphatic heterocycles. The SMILES string of the molecule is Cc1ccccc1NC1CCCCC1C(F)(F)F. The summed E-state index contributed by atoms with van der Waals surface area (Å²) in [6, 6.07) is 7.01. The van der Waals surface area contributed by atoms with Crippen molar-refractivity contribution in [1.29, 1.82) is 0 Å². The normalized spacial score (nSPS) is 24.9. The van der Waals surface area contributed by atoms with Gasteiger partial charge >= 0.3 is 6.18 Å². The van der Waals surface area contributed by atoms with Crippen molar-refractivity contribution in [3.05, 3.63) is 29.8 Å². The molecule has 0 saturated heterocycles. The monoisotopic (exact) mass is 257 g/mol. The fourth-order valence-corrected chi connectivity index (χ4v) is 2.63. The number of aryl methyl sites for hydroxylation is 1. The first-order valence-electron chi connectivity index (χ1n) is 6.37. The standard InChI is InChI=1S/C14H18F3N/c1-10-6-2-4-8-12(10)18-13-9-5-3-7-11(13)14(15,16)17/h2,4,6,8,11,13,18H,3,5,7,9H2,1H3. The highest BCUT2D eigenvalue weighted by atomic mass is 19.4. The van der Waals surface area contributed by atoms with Crippen LogP contribution in [0, 0.1) is 12.8 Å². The Morgan fingerprint density at radius 3 is 2.44 bits per heavy atom. The lowest BCUT2D eigenvalue weighted by molar-refractivity contribution is -0.184. The van der Waals surface area contributed by atoms with Crippen LogP contribution in [0.2, 0.25) is 0 Å². The van der Waals surface area contributed by atoms with Gasteiger partial charge in [0.1, 0.15) is 0 Å². The van der Waals surface area contributed by atoms with Crippen LogP contribution in [0.4, 0.5) is 18.9 Å². The molecule has 1 nitrogen and oxygen atoms in total. The number of benzene rings is 1. The number of hydrogen-bond donors (Lipinski definition) is 1. The lowest BCUT2D eigenvalue weighted by Gasteiger charge is -2.34. The lowest BCUT2D eigenvalue weighted by Crippen LogP contribution is -2.41. The molecule has 0 spiro atoms. The van der Waals surface area contributed by atoms with Crippen molar-refractivity contribution < 1.29 is 13.2 Å². The Kier molecular flexibility index (Phi) is 3.83. The average Bonchev–Trinajstić information content (AvgIpc) is 2.31. The van der Waals surface area contributed by atoms with Crippen molar-refractivity contribution in [2.45, 2.75) is 44.8 Å². The van der Waals surface area contributed by atoms with Crippen molar-refractivity contribution in [1.82, 2.24) is 0 Å². The second-order valence-electron chi connectivity index (χ2n) is 5.00. The molecule has 0 radical (unpaired) electrons. The molecule has 18 heavy (non-hydrogen) atoms. The average molecular weight is 257 g/mol. The number of alkyl halides is 3. The first-order valence-corrected chi connectivity index (χ1v) is 6.37. The number of para-hydroxylation sites is 1. The van der Waals surface area contributed by atoms with Gasteiger partial charge in [0.05, 0.1) is 5.92 Å². The van der Waals surface area contributed by atoms with Gasteiger partial charge in [-0.15, -0.1) is 0 Å². The molecule has 0 aromatic heterocycles. The van der Waals surface area contributed by atoms with Crippen LogP contribution in [0.1, 0.15) is 31.2 Å². The predicted molar refractivity (Wildman–Crippen MR) is 66.6 cm³/mol. The maximum Gasteiger partial charge on any atom is 0.393 e. The smallest absolute Gasteiger partial charge is 0.381 e. The molecule has 1 aromatic carbocycles. The zero-order chi connectivity index (χ0) is 13.2. The van der Waals surface area contributed by atoms with E-state index < -0.39 is 18.1 Å². The number of nitrogens with one attached hydrogen (secondary N) is 1. The highest BCUT2D eigenvalue weighted by molar-refractivity contribution is 5.51. The van der Waals surface area contributed by atoms with Gasteiger partial charge in [0.2, 0.25) is 0 Å². The number of rotatable bonds is 2. The number of hydrogen-bond acceptors (Lipinski definition) is 1. The molecule has 0 heterocycles. The number of halogens is 3. The summed E-state index contributed by atoms with van der Waals surface area (Å²) in [6.45, 7) is 1.91. The van der Waals surface area contributed by atoms with Crippen molar-refractivity contribution in [2.75, 3.05) is 5.32 Å². The van der Waals surface area contributed by atoms with Crippen LogP contribution in [0.3, 0.4) is 0 Å². The van der Waals surface area contributed by atoms with E-state index in [1.807, 2.05) is 31.2 Å². The van der Waals surface area contributed by atoms with Crippen LogP contribution < -0.4 is 5.32 Å². The van der Waals surface area contributed by atoms with E-state index >= 15 is 0 Å². The molecule has 0 bridgehead atoms. The largest absolute Gasteiger partial charge is 0.393 e. The number of anilines is 1. The zero-order valence-corrected chi connectivity index (χ0v) is 10.4. The van der Waals surface area contributed by atoms with Crippen LogP contribution in [-0.2, 0) is 0 Å². The summed E-state index contributed by atoms with van der Waals surface area (Å²) >= 11 is 0. The Balaban J connectivity index is 2.13. The topological polar surface area (TPSA) is 12.0 Å². The van der Waals surface area contributed by atoms with Gasteiger partial charge in [-0.25, -0.2) is 0 Å². The van der Waals surface area contributed by atoms with Crippen LogP contribution in [-0.4, -0.2) is 12.2 Å². The fraction of sp³-hybridized carbons (Fsp3) is 0.571. The summed E-state index contributed by atoms with van der Waals surface area (Å²) < 4.78 is 38.9. The van der Waals surface area contributed by atoms with Crippen molar-refractivity contribution in [3.8, 4) is 0 Å². The van der Waals surface area contributed by atoms with Gasteiger partial charge in [-0.1, -0.05) is 31.0 Å². The highest BCUT2D eigenvalue weighted by Gasteiger charge is 2.45. The molecule has 2 unspecified atom stereocenters. The Bertz CT molecular complexity index is 400. The highest BCUT2D eigenvalue weighted by Crippen LogP contribution is 2.39. The first kappa shape index (κ1) is 13.2. The third-order valence-electron chi connectivity index (χ3n) is 3.67. The molecule has 1 N–H and O–H groups in total. The van der Waals surface area contributed by atoms with Gasteiger partial charge in [-0.05, 0) is 31.4 Å². The maximum atomic E-state index is 13.0. The van der Waals surface area contributed by atoms with E-state index in [4.69, 9.17) is 0 Å². The van der Waals surface area contributed by atoms with Crippen molar-refractivity contribution in [3.63, 3.8) is 0 Å². The van der Waals surface area contributed by atoms with Gasteiger partial charge in [0.25, 0.3) is 0 Å². The molecule has 1 aliphatic rings. The fourth-order valence-electron chi connectivity index (χ4n) is 2.63. The molecule has 0 amide bonds. The third-order valence-corrected chi connectivity index (χ3v) is 3.67. The summed E-state index contributed by atoms with van der Waals surface area (Å²) in [4.78, 5) is 0. The van der Waals surface area contributed by atoms with Crippen LogP contribution >= 0.6 is 0 Å². The summed E-state index contributed by atoms with van der Waals surface area (Å²) in [5.74, 6) is -1.22. The second kappa shape index (κ2) is 5.21. The van der Waals surface area contributed by atoms with E-state index in [1.54, 1.807) is 0 Å². The van der Waals surface area contributed by atoms with Crippen molar-refractivity contribution >= 4 is 5.69 Å². The van der Waals surface area contributed by atoms with E-state index in [0.717, 1.165) is 17.7 Å². The minimum atomic E-state index is -4.10. The van der Waals surface area contributed by atoms with E-state index in [1.165, 1.54) is 0 Å². The minimum Gasteiger partial charge on any atom is -0.381 e. The Morgan fingerprint density at radius 1 is 1.11 bits per heavy atom. The summed E-state index contributed by atoms with van der Waals surface area (Å²) in [5.41, 5.74) is 1.81. The van der Waals surface area contributed by atoms with E-state index in [2.05, 4.69) is 5.32 Å². The van der Waals surface area contributed by atoms with Gasteiger partial charge in [-0.2, -0.15) is 13.2 Å². The summed E-state index contributed by atoms with van der Waals surface area (Å²) in [7, 11) is 0. The molecule has 1 saturated carbocycles. The van der Waals surface area contributed by atoms with Crippen LogP contribution in [0.25, 0.3) is 0 Å². The second-order valence-corrected chi connectivity index (χ2v) is 5.00. The molecular formula is C14H18F3N. The minimum absolute atomic E-state index is 0.243. The molecule has 100 valence electrons. The Hall–Kier alpha value is -1.19. The molecule has 4 heteroatoms. The van der Waals surface area contributed by atoms with Crippen molar-refractivity contribution in [2.24, 2.45) is 5.92 Å². The maximum absolute atomic E-state index is 13.0. The molecule has 2 rings (SSSR count). The van der Waals surface area contributed by atoms with E-state index in [9.17, 15) is 13.2 Å². The summed E-state index contributed by atoms with van der Waals surface area (Å²) in [6.07, 6.45) is -1.71. The molecule has 1 aliphatic carbocycles. The van der Waals surface area contributed by atoms with Gasteiger partial charge < -0.3 is 5.32 Å². The molecule has 1 fully saturated rings. The summed E-state index contributed by atoms with van der Waals surface area (Å²) in [5, 5.41) is 3.09. The molecule has 1 aromatic rings.